The quantitative estimate of drug-likeness (QED) is 0.815. The van der Waals surface area contributed by atoms with Gasteiger partial charge in [-0.15, -0.1) is 0 Å². The number of hydrogen-bond donors (Lipinski definition) is 2. The number of aliphatic hydroxyl groups is 1. The van der Waals surface area contributed by atoms with Gasteiger partial charge < -0.3 is 10.2 Å². The van der Waals surface area contributed by atoms with Crippen LogP contribution in [0.25, 0.3) is 0 Å². The third kappa shape index (κ3) is 1.93. The van der Waals surface area contributed by atoms with Gasteiger partial charge in [0.05, 0.1) is 0 Å². The molecule has 4 nitrogen and oxygen atoms in total. The lowest BCUT2D eigenvalue weighted by molar-refractivity contribution is -0.139. The van der Waals surface area contributed by atoms with E-state index in [0.717, 1.165) is 0 Å². The lowest BCUT2D eigenvalue weighted by atomic mass is 9.87. The molecule has 1 aromatic rings. The number of nitrogens with zero attached hydrogens (tertiary/aromatic N) is 1. The minimum Gasteiger partial charge on any atom is -0.480 e. The molecule has 2 rings (SSSR count). The van der Waals surface area contributed by atoms with Crippen LogP contribution in [0.4, 0.5) is 4.39 Å². The van der Waals surface area contributed by atoms with Gasteiger partial charge in [-0.3, -0.25) is 4.99 Å². The summed E-state index contributed by atoms with van der Waals surface area (Å²) in [5.74, 6) is -1.56. The molecule has 1 heterocycles. The van der Waals surface area contributed by atoms with Crippen LogP contribution in [-0.4, -0.2) is 27.9 Å². The molecule has 2 N–H and O–H groups in total. The van der Waals surface area contributed by atoms with Gasteiger partial charge in [-0.25, -0.2) is 9.18 Å². The molecule has 0 radical (unpaired) electrons. The smallest absolute Gasteiger partial charge is 0.328 e. The molecule has 2 atom stereocenters. The van der Waals surface area contributed by atoms with Gasteiger partial charge in [-0.05, 0) is 24.6 Å². The van der Waals surface area contributed by atoms with Gasteiger partial charge >= 0.3 is 5.97 Å². The Morgan fingerprint density at radius 1 is 1.59 bits per heavy atom. The molecule has 1 aliphatic heterocycles. The summed E-state index contributed by atoms with van der Waals surface area (Å²) in [7, 11) is 0. The molecular weight excluding hydrogens is 225 g/mol. The molecular formula is C12H12FNO3. The summed E-state index contributed by atoms with van der Waals surface area (Å²) in [6.45, 7) is 1.55. The SMILES string of the molecule is CC1=N[C@H](C(=O)O)C[C@]1(O)c1cccc(F)c1. The zero-order valence-electron chi connectivity index (χ0n) is 9.22. The average Bonchev–Trinajstić information content (AvgIpc) is 2.57. The molecule has 0 fully saturated rings. The van der Waals surface area contributed by atoms with Crippen molar-refractivity contribution in [3.63, 3.8) is 0 Å². The minimum absolute atomic E-state index is 0.0579. The molecule has 0 aliphatic carbocycles. The molecule has 0 spiro atoms. The van der Waals surface area contributed by atoms with Crippen LogP contribution in [0.3, 0.4) is 0 Å². The first kappa shape index (κ1) is 11.7. The maximum Gasteiger partial charge on any atom is 0.328 e. The zero-order valence-corrected chi connectivity index (χ0v) is 9.22. The number of carboxylic acid groups (broad SMARTS) is 1. The fourth-order valence-electron chi connectivity index (χ4n) is 2.03. The summed E-state index contributed by atoms with van der Waals surface area (Å²) in [6.07, 6.45) is -0.0579. The van der Waals surface area contributed by atoms with Crippen LogP contribution in [0.1, 0.15) is 18.9 Å². The van der Waals surface area contributed by atoms with E-state index in [1.807, 2.05) is 0 Å². The molecule has 0 aromatic heterocycles. The van der Waals surface area contributed by atoms with E-state index in [-0.39, 0.29) is 6.42 Å². The van der Waals surface area contributed by atoms with Crippen LogP contribution in [0.5, 0.6) is 0 Å². The van der Waals surface area contributed by atoms with Gasteiger partial charge in [-0.1, -0.05) is 12.1 Å². The third-order valence-electron chi connectivity index (χ3n) is 3.02. The molecule has 17 heavy (non-hydrogen) atoms. The predicted octanol–water partition coefficient (Wildman–Crippen LogP) is 1.33. The highest BCUT2D eigenvalue weighted by Crippen LogP contribution is 2.34. The van der Waals surface area contributed by atoms with Gasteiger partial charge in [0.25, 0.3) is 0 Å². The number of hydrogen-bond acceptors (Lipinski definition) is 3. The minimum atomic E-state index is -1.48. The normalized spacial score (nSPS) is 27.9. The van der Waals surface area contributed by atoms with Crippen LogP contribution in [-0.2, 0) is 10.4 Å². The Morgan fingerprint density at radius 2 is 2.29 bits per heavy atom. The fourth-order valence-corrected chi connectivity index (χ4v) is 2.03. The van der Waals surface area contributed by atoms with Gasteiger partial charge in [0, 0.05) is 12.1 Å². The number of aliphatic carboxylic acids is 1. The lowest BCUT2D eigenvalue weighted by Gasteiger charge is -2.23. The number of carbonyl (C=O) groups is 1. The number of rotatable bonds is 2. The lowest BCUT2D eigenvalue weighted by Crippen LogP contribution is -2.32. The van der Waals surface area contributed by atoms with Crippen molar-refractivity contribution in [3.8, 4) is 0 Å². The fraction of sp³-hybridized carbons (Fsp3) is 0.333. The first-order chi connectivity index (χ1) is 7.93. The summed E-state index contributed by atoms with van der Waals surface area (Å²) < 4.78 is 13.1. The van der Waals surface area contributed by atoms with Crippen molar-refractivity contribution in [2.75, 3.05) is 0 Å². The monoisotopic (exact) mass is 237 g/mol. The predicted molar refractivity (Wildman–Crippen MR) is 59.4 cm³/mol. The molecule has 0 unspecified atom stereocenters. The Morgan fingerprint density at radius 3 is 2.82 bits per heavy atom. The van der Waals surface area contributed by atoms with Gasteiger partial charge in [0.2, 0.25) is 0 Å². The topological polar surface area (TPSA) is 69.9 Å². The summed E-state index contributed by atoms with van der Waals surface area (Å²) in [5, 5.41) is 19.3. The molecule has 0 amide bonds. The molecule has 5 heteroatoms. The first-order valence-corrected chi connectivity index (χ1v) is 5.19. The average molecular weight is 237 g/mol. The Kier molecular flexibility index (Phi) is 2.71. The van der Waals surface area contributed by atoms with E-state index in [0.29, 0.717) is 11.3 Å². The first-order valence-electron chi connectivity index (χ1n) is 5.19. The van der Waals surface area contributed by atoms with E-state index in [9.17, 15) is 14.3 Å². The van der Waals surface area contributed by atoms with Crippen LogP contribution in [0, 0.1) is 5.82 Å². The van der Waals surface area contributed by atoms with E-state index in [2.05, 4.69) is 4.99 Å². The largest absolute Gasteiger partial charge is 0.480 e. The van der Waals surface area contributed by atoms with Crippen molar-refractivity contribution in [1.29, 1.82) is 0 Å². The van der Waals surface area contributed by atoms with Gasteiger partial charge in [0.15, 0.2) is 6.04 Å². The summed E-state index contributed by atoms with van der Waals surface area (Å²) in [4.78, 5) is 14.7. The van der Waals surface area contributed by atoms with Crippen molar-refractivity contribution < 1.29 is 19.4 Å². The highest BCUT2D eigenvalue weighted by Gasteiger charge is 2.43. The Hall–Kier alpha value is -1.75. The highest BCUT2D eigenvalue weighted by molar-refractivity contribution is 5.96. The molecule has 0 saturated heterocycles. The second-order valence-electron chi connectivity index (χ2n) is 4.14. The molecule has 0 saturated carbocycles. The molecule has 1 aromatic carbocycles. The van der Waals surface area contributed by atoms with E-state index in [1.165, 1.54) is 18.2 Å². The van der Waals surface area contributed by atoms with Crippen LogP contribution in [0.2, 0.25) is 0 Å². The van der Waals surface area contributed by atoms with Gasteiger partial charge in [-0.2, -0.15) is 0 Å². The number of halogens is 1. The Labute approximate surface area is 97.4 Å². The van der Waals surface area contributed by atoms with Gasteiger partial charge in [0.1, 0.15) is 11.4 Å². The standard InChI is InChI=1S/C12H12FNO3/c1-7-12(17,6-10(14-7)11(15)16)8-3-2-4-9(13)5-8/h2-5,10,17H,6H2,1H3,(H,15,16)/t10-,12+/m0/s1. The van der Waals surface area contributed by atoms with Crippen molar-refractivity contribution in [2.45, 2.75) is 25.0 Å². The zero-order chi connectivity index (χ0) is 12.6. The highest BCUT2D eigenvalue weighted by atomic mass is 19.1. The third-order valence-corrected chi connectivity index (χ3v) is 3.02. The van der Waals surface area contributed by atoms with Crippen molar-refractivity contribution in [3.05, 3.63) is 35.6 Å². The number of carboxylic acids is 1. The van der Waals surface area contributed by atoms with Crippen LogP contribution in [0.15, 0.2) is 29.3 Å². The van der Waals surface area contributed by atoms with Crippen LogP contribution >= 0.6 is 0 Å². The summed E-state index contributed by atoms with van der Waals surface area (Å²) in [6, 6.07) is 4.53. The molecule has 1 aliphatic rings. The van der Waals surface area contributed by atoms with E-state index >= 15 is 0 Å². The summed E-state index contributed by atoms with van der Waals surface area (Å²) >= 11 is 0. The summed E-state index contributed by atoms with van der Waals surface area (Å²) in [5.41, 5.74) is -0.844. The Balaban J connectivity index is 2.39. The second kappa shape index (κ2) is 3.92. The van der Waals surface area contributed by atoms with Crippen LogP contribution < -0.4 is 0 Å². The molecule has 90 valence electrons. The second-order valence-corrected chi connectivity index (χ2v) is 4.14. The number of aliphatic imine (C=N–C) groups is 1. The van der Waals surface area contributed by atoms with Crippen molar-refractivity contribution in [2.24, 2.45) is 4.99 Å². The maximum absolute atomic E-state index is 13.1. The van der Waals surface area contributed by atoms with Crippen molar-refractivity contribution >= 4 is 11.7 Å². The number of benzene rings is 1. The van der Waals surface area contributed by atoms with E-state index in [1.54, 1.807) is 13.0 Å². The van der Waals surface area contributed by atoms with E-state index in [4.69, 9.17) is 5.11 Å². The van der Waals surface area contributed by atoms with E-state index < -0.39 is 23.4 Å². The maximum atomic E-state index is 13.1. The van der Waals surface area contributed by atoms with Crippen molar-refractivity contribution in [1.82, 2.24) is 0 Å². The Bertz CT molecular complexity index is 500. The molecule has 0 bridgehead atoms.